The van der Waals surface area contributed by atoms with Gasteiger partial charge in [-0.25, -0.2) is 8.42 Å². The Morgan fingerprint density at radius 2 is 1.76 bits per heavy atom. The van der Waals surface area contributed by atoms with E-state index >= 15 is 0 Å². The van der Waals surface area contributed by atoms with Crippen molar-refractivity contribution < 1.29 is 17.9 Å². The Hall–Kier alpha value is -2.68. The minimum absolute atomic E-state index is 0.168. The molecule has 1 aromatic heterocycles. The molecule has 8 heteroatoms. The summed E-state index contributed by atoms with van der Waals surface area (Å²) in [4.78, 5) is 12.5. The maximum Gasteiger partial charge on any atom is 0.250 e. The van der Waals surface area contributed by atoms with Crippen LogP contribution in [-0.4, -0.2) is 27.0 Å². The number of hydrogen-bond donors (Lipinski definition) is 2. The fourth-order valence-corrected chi connectivity index (χ4v) is 4.83. The standard InChI is InChI=1S/C21H22N2O4S2/c1-16(23-29(25,26)20-12-7-15-28-20)21(24)22-18-10-5-6-11-19(18)27-14-13-17-8-3-2-4-9-17/h2-12,15-16,23H,13-14H2,1H3,(H,22,24). The molecule has 0 bridgehead atoms. The smallest absolute Gasteiger partial charge is 0.250 e. The van der Waals surface area contributed by atoms with Crippen LogP contribution in [0.4, 0.5) is 5.69 Å². The van der Waals surface area contributed by atoms with Crippen molar-refractivity contribution in [3.63, 3.8) is 0 Å². The SMILES string of the molecule is CC(NS(=O)(=O)c1cccs1)C(=O)Nc1ccccc1OCCc1ccccc1. The van der Waals surface area contributed by atoms with Crippen LogP contribution in [0.15, 0.2) is 76.3 Å². The number of thiophene rings is 1. The summed E-state index contributed by atoms with van der Waals surface area (Å²) < 4.78 is 33.0. The van der Waals surface area contributed by atoms with Gasteiger partial charge in [0.15, 0.2) is 0 Å². The molecule has 0 aliphatic heterocycles. The first kappa shape index (κ1) is 21.0. The van der Waals surface area contributed by atoms with Crippen molar-refractivity contribution >= 4 is 33.0 Å². The molecule has 0 aliphatic rings. The van der Waals surface area contributed by atoms with Gasteiger partial charge in [-0.3, -0.25) is 4.79 Å². The average Bonchev–Trinajstić information content (AvgIpc) is 3.26. The number of carbonyl (C=O) groups excluding carboxylic acids is 1. The van der Waals surface area contributed by atoms with E-state index < -0.39 is 22.0 Å². The van der Waals surface area contributed by atoms with Crippen molar-refractivity contribution in [3.8, 4) is 5.75 Å². The van der Waals surface area contributed by atoms with E-state index in [4.69, 9.17) is 4.74 Å². The van der Waals surface area contributed by atoms with E-state index in [1.165, 1.54) is 13.0 Å². The van der Waals surface area contributed by atoms with E-state index in [1.807, 2.05) is 36.4 Å². The molecule has 0 saturated carbocycles. The quantitative estimate of drug-likeness (QED) is 0.542. The molecule has 3 rings (SSSR count). The van der Waals surface area contributed by atoms with Crippen LogP contribution in [0.1, 0.15) is 12.5 Å². The molecule has 2 aromatic carbocycles. The van der Waals surface area contributed by atoms with Crippen molar-refractivity contribution in [2.75, 3.05) is 11.9 Å². The Kier molecular flexibility index (Phi) is 7.03. The average molecular weight is 431 g/mol. The normalized spacial score (nSPS) is 12.3. The van der Waals surface area contributed by atoms with E-state index in [-0.39, 0.29) is 4.21 Å². The van der Waals surface area contributed by atoms with Crippen molar-refractivity contribution in [1.82, 2.24) is 4.72 Å². The zero-order valence-electron chi connectivity index (χ0n) is 15.9. The molecule has 1 amide bonds. The van der Waals surface area contributed by atoms with Crippen LogP contribution in [0, 0.1) is 0 Å². The second-order valence-corrected chi connectivity index (χ2v) is 9.23. The number of anilines is 1. The van der Waals surface area contributed by atoms with Gasteiger partial charge in [0.2, 0.25) is 5.91 Å². The first-order valence-corrected chi connectivity index (χ1v) is 11.4. The summed E-state index contributed by atoms with van der Waals surface area (Å²) in [7, 11) is -3.73. The number of sulfonamides is 1. The maximum absolute atomic E-state index is 12.5. The minimum atomic E-state index is -3.73. The summed E-state index contributed by atoms with van der Waals surface area (Å²) in [6.07, 6.45) is 0.736. The van der Waals surface area contributed by atoms with E-state index in [0.29, 0.717) is 18.0 Å². The molecular formula is C21H22N2O4S2. The maximum atomic E-state index is 12.5. The molecule has 1 unspecified atom stereocenters. The Balaban J connectivity index is 1.60. The molecule has 3 aromatic rings. The van der Waals surface area contributed by atoms with Gasteiger partial charge in [0.25, 0.3) is 10.0 Å². The second kappa shape index (κ2) is 9.69. The molecule has 0 radical (unpaired) electrons. The Bertz CT molecular complexity index is 1040. The van der Waals surface area contributed by atoms with E-state index in [1.54, 1.807) is 29.6 Å². The van der Waals surface area contributed by atoms with Crippen LogP contribution in [0.25, 0.3) is 0 Å². The highest BCUT2D eigenvalue weighted by atomic mass is 32.2. The van der Waals surface area contributed by atoms with Crippen molar-refractivity contribution in [2.45, 2.75) is 23.6 Å². The van der Waals surface area contributed by atoms with Gasteiger partial charge in [-0.2, -0.15) is 4.72 Å². The molecule has 0 aliphatic carbocycles. The Morgan fingerprint density at radius 1 is 1.03 bits per heavy atom. The molecule has 6 nitrogen and oxygen atoms in total. The highest BCUT2D eigenvalue weighted by Crippen LogP contribution is 2.24. The molecule has 152 valence electrons. The topological polar surface area (TPSA) is 84.5 Å². The number of amides is 1. The van der Waals surface area contributed by atoms with Gasteiger partial charge in [0.1, 0.15) is 9.96 Å². The molecule has 0 saturated heterocycles. The number of benzene rings is 2. The Morgan fingerprint density at radius 3 is 2.48 bits per heavy atom. The third-order valence-corrected chi connectivity index (χ3v) is 7.06. The predicted octanol–water partition coefficient (Wildman–Crippen LogP) is 3.68. The van der Waals surface area contributed by atoms with E-state index in [2.05, 4.69) is 10.0 Å². The van der Waals surface area contributed by atoms with Gasteiger partial charge in [-0.1, -0.05) is 48.5 Å². The summed E-state index contributed by atoms with van der Waals surface area (Å²) in [6, 6.07) is 19.2. The third-order valence-electron chi connectivity index (χ3n) is 4.12. The molecule has 29 heavy (non-hydrogen) atoms. The first-order valence-electron chi connectivity index (χ1n) is 9.08. The zero-order chi connectivity index (χ0) is 20.7. The van der Waals surface area contributed by atoms with Gasteiger partial charge in [0.05, 0.1) is 18.3 Å². The van der Waals surface area contributed by atoms with Crippen molar-refractivity contribution in [2.24, 2.45) is 0 Å². The highest BCUT2D eigenvalue weighted by molar-refractivity contribution is 7.91. The summed E-state index contributed by atoms with van der Waals surface area (Å²) in [5.41, 5.74) is 1.65. The molecule has 0 fully saturated rings. The van der Waals surface area contributed by atoms with Gasteiger partial charge in [0, 0.05) is 6.42 Å². The van der Waals surface area contributed by atoms with Crippen molar-refractivity contribution in [1.29, 1.82) is 0 Å². The fourth-order valence-electron chi connectivity index (χ4n) is 2.62. The molecule has 1 heterocycles. The lowest BCUT2D eigenvalue weighted by Gasteiger charge is -2.16. The summed E-state index contributed by atoms with van der Waals surface area (Å²) in [5.74, 6) is 0.0642. The van der Waals surface area contributed by atoms with Crippen LogP contribution in [0.5, 0.6) is 5.75 Å². The number of nitrogens with one attached hydrogen (secondary N) is 2. The largest absolute Gasteiger partial charge is 0.491 e. The lowest BCUT2D eigenvalue weighted by atomic mass is 10.2. The lowest BCUT2D eigenvalue weighted by molar-refractivity contribution is -0.117. The number of hydrogen-bond acceptors (Lipinski definition) is 5. The highest BCUT2D eigenvalue weighted by Gasteiger charge is 2.23. The van der Waals surface area contributed by atoms with Crippen LogP contribution >= 0.6 is 11.3 Å². The fraction of sp³-hybridized carbons (Fsp3) is 0.190. The molecule has 1 atom stereocenters. The predicted molar refractivity (Wildman–Crippen MR) is 115 cm³/mol. The number of rotatable bonds is 9. The number of para-hydroxylation sites is 2. The number of carbonyl (C=O) groups is 1. The van der Waals surface area contributed by atoms with Crippen LogP contribution in [0.2, 0.25) is 0 Å². The van der Waals surface area contributed by atoms with Crippen LogP contribution in [0.3, 0.4) is 0 Å². The van der Waals surface area contributed by atoms with E-state index in [9.17, 15) is 13.2 Å². The zero-order valence-corrected chi connectivity index (χ0v) is 17.5. The summed E-state index contributed by atoms with van der Waals surface area (Å²) >= 11 is 1.10. The lowest BCUT2D eigenvalue weighted by Crippen LogP contribution is -2.41. The molecule has 0 spiro atoms. The molecule has 2 N–H and O–H groups in total. The van der Waals surface area contributed by atoms with Crippen LogP contribution < -0.4 is 14.8 Å². The minimum Gasteiger partial charge on any atom is -0.491 e. The molecular weight excluding hydrogens is 408 g/mol. The van der Waals surface area contributed by atoms with Gasteiger partial charge in [-0.05, 0) is 36.1 Å². The van der Waals surface area contributed by atoms with Gasteiger partial charge < -0.3 is 10.1 Å². The second-order valence-electron chi connectivity index (χ2n) is 6.34. The van der Waals surface area contributed by atoms with Crippen molar-refractivity contribution in [3.05, 3.63) is 77.7 Å². The summed E-state index contributed by atoms with van der Waals surface area (Å²) in [6.45, 7) is 1.96. The Labute approximate surface area is 174 Å². The van der Waals surface area contributed by atoms with Gasteiger partial charge >= 0.3 is 0 Å². The van der Waals surface area contributed by atoms with Gasteiger partial charge in [-0.15, -0.1) is 11.3 Å². The third kappa shape index (κ3) is 5.90. The monoisotopic (exact) mass is 430 g/mol. The summed E-state index contributed by atoms with van der Waals surface area (Å²) in [5, 5.41) is 4.41. The van der Waals surface area contributed by atoms with Crippen LogP contribution in [-0.2, 0) is 21.2 Å². The first-order chi connectivity index (χ1) is 14.0. The van der Waals surface area contributed by atoms with E-state index in [0.717, 1.165) is 23.3 Å². The number of ether oxygens (including phenoxy) is 1.